The largest absolute Gasteiger partial charge is 0.462 e. The Labute approximate surface area is 678 Å². The maximum absolute atomic E-state index is 13.0. The summed E-state index contributed by atoms with van der Waals surface area (Å²) in [5.74, 6) is -1.97. The third kappa shape index (κ3) is 85.7. The van der Waals surface area contributed by atoms with E-state index in [9.17, 15) is 28.8 Å². The molecular weight excluding hydrogens is 1370 g/mol. The molecule has 0 saturated carbocycles. The summed E-state index contributed by atoms with van der Waals surface area (Å²) in [5.41, 5.74) is 0. The van der Waals surface area contributed by atoms with Crippen LogP contribution in [0.3, 0.4) is 0 Å². The maximum atomic E-state index is 13.0. The first-order valence-corrected chi connectivity index (χ1v) is 47.1. The molecule has 0 bridgehead atoms. The molecule has 0 heterocycles. The van der Waals surface area contributed by atoms with Gasteiger partial charge >= 0.3 is 35.8 Å². The summed E-state index contributed by atoms with van der Waals surface area (Å²) < 4.78 is 34.0. The predicted octanol–water partition coefficient (Wildman–Crippen LogP) is 29.7. The highest BCUT2D eigenvalue weighted by Crippen LogP contribution is 2.20. The number of rotatable bonds is 87. The third-order valence-electron chi connectivity index (χ3n) is 20.8. The molecule has 0 amide bonds. The highest BCUT2D eigenvalue weighted by Gasteiger charge is 2.22. The second-order valence-corrected chi connectivity index (χ2v) is 31.7. The van der Waals surface area contributed by atoms with Gasteiger partial charge in [-0.1, -0.05) is 357 Å². The molecule has 0 aromatic carbocycles. The summed E-state index contributed by atoms with van der Waals surface area (Å²) in [5, 5.41) is 0. The van der Waals surface area contributed by atoms with Gasteiger partial charge in [0.15, 0.2) is 12.2 Å². The minimum absolute atomic E-state index is 0.113. The zero-order valence-electron chi connectivity index (χ0n) is 72.3. The van der Waals surface area contributed by atoms with Crippen LogP contribution in [0.25, 0.3) is 0 Å². The molecule has 0 radical (unpaired) electrons. The molecule has 0 aliphatic heterocycles. The SMILES string of the molecule is CCCCC/C=C\C/C=C\CCCCCCCC(=O)OC(COC(=O)CCCCCCC/C=C\CCCCCCCC)COC(=O)CCCCCCC/C=C\CCCCCCCC(=O)OCC(COC(=O)CCCCCCCCCCCCCCCCCCC)OC(=O)CCCCCCC/C=C\C/C=C\CCCCC. The van der Waals surface area contributed by atoms with Gasteiger partial charge in [0, 0.05) is 38.5 Å². The van der Waals surface area contributed by atoms with Crippen LogP contribution in [0.15, 0.2) is 72.9 Å². The van der Waals surface area contributed by atoms with E-state index in [0.717, 1.165) is 218 Å². The summed E-state index contributed by atoms with van der Waals surface area (Å²) in [6.45, 7) is 8.53. The Bertz CT molecular complexity index is 2210. The van der Waals surface area contributed by atoms with Crippen molar-refractivity contribution in [3.05, 3.63) is 72.9 Å². The molecule has 0 aromatic heterocycles. The Morgan fingerprint density at radius 2 is 0.327 bits per heavy atom. The minimum Gasteiger partial charge on any atom is -0.462 e. The fourth-order valence-corrected chi connectivity index (χ4v) is 13.6. The van der Waals surface area contributed by atoms with Crippen LogP contribution in [0.4, 0.5) is 0 Å². The molecule has 110 heavy (non-hydrogen) atoms. The minimum atomic E-state index is -0.831. The van der Waals surface area contributed by atoms with Gasteiger partial charge in [-0.25, -0.2) is 0 Å². The van der Waals surface area contributed by atoms with E-state index in [-0.39, 0.29) is 75.1 Å². The fourth-order valence-electron chi connectivity index (χ4n) is 13.6. The van der Waals surface area contributed by atoms with Gasteiger partial charge in [-0.2, -0.15) is 0 Å². The molecule has 0 aliphatic rings. The number of allylic oxidation sites excluding steroid dienone is 12. The van der Waals surface area contributed by atoms with Gasteiger partial charge in [-0.05, 0) is 154 Å². The molecule has 0 aliphatic carbocycles. The van der Waals surface area contributed by atoms with E-state index in [1.807, 2.05) is 0 Å². The Kier molecular flexibility index (Phi) is 85.9. The van der Waals surface area contributed by atoms with Crippen molar-refractivity contribution < 1.29 is 57.2 Å². The molecule has 2 unspecified atom stereocenters. The first-order valence-electron chi connectivity index (χ1n) is 47.1. The average molecular weight is 1540 g/mol. The van der Waals surface area contributed by atoms with Crippen LogP contribution < -0.4 is 0 Å². The van der Waals surface area contributed by atoms with Crippen molar-refractivity contribution in [2.45, 2.75) is 489 Å². The van der Waals surface area contributed by atoms with E-state index in [0.29, 0.717) is 25.7 Å². The number of ether oxygens (including phenoxy) is 6. The lowest BCUT2D eigenvalue weighted by Gasteiger charge is -2.18. The van der Waals surface area contributed by atoms with Gasteiger partial charge in [0.1, 0.15) is 26.4 Å². The summed E-state index contributed by atoms with van der Waals surface area (Å²) in [4.78, 5) is 77.4. The van der Waals surface area contributed by atoms with Gasteiger partial charge in [0.25, 0.3) is 0 Å². The van der Waals surface area contributed by atoms with E-state index in [2.05, 4.69) is 101 Å². The van der Waals surface area contributed by atoms with E-state index >= 15 is 0 Å². The average Bonchev–Trinajstić information content (AvgIpc) is 0.965. The van der Waals surface area contributed by atoms with Crippen LogP contribution in [-0.4, -0.2) is 74.5 Å². The van der Waals surface area contributed by atoms with Crippen LogP contribution in [0.5, 0.6) is 0 Å². The van der Waals surface area contributed by atoms with Crippen LogP contribution >= 0.6 is 0 Å². The molecule has 0 saturated heterocycles. The Balaban J connectivity index is 4.69. The molecule has 0 rings (SSSR count). The van der Waals surface area contributed by atoms with Gasteiger partial charge in [0.2, 0.25) is 0 Å². The zero-order chi connectivity index (χ0) is 79.7. The summed E-state index contributed by atoms with van der Waals surface area (Å²) in [6, 6.07) is 0. The van der Waals surface area contributed by atoms with Crippen molar-refractivity contribution in [2.75, 3.05) is 26.4 Å². The van der Waals surface area contributed by atoms with Crippen molar-refractivity contribution in [1.82, 2.24) is 0 Å². The van der Waals surface area contributed by atoms with E-state index in [1.165, 1.54) is 193 Å². The van der Waals surface area contributed by atoms with Crippen molar-refractivity contribution >= 4 is 35.8 Å². The van der Waals surface area contributed by atoms with E-state index < -0.39 is 12.2 Å². The van der Waals surface area contributed by atoms with Gasteiger partial charge in [-0.15, -0.1) is 0 Å². The number of esters is 6. The predicted molar refractivity (Wildman–Crippen MR) is 464 cm³/mol. The Morgan fingerprint density at radius 3 is 0.527 bits per heavy atom. The van der Waals surface area contributed by atoms with Crippen LogP contribution in [0.2, 0.25) is 0 Å². The van der Waals surface area contributed by atoms with Crippen molar-refractivity contribution in [1.29, 1.82) is 0 Å². The molecular formula is C98H174O12. The fraction of sp³-hybridized carbons (Fsp3) is 0.816. The number of carbonyl (C=O) groups is 6. The number of hydrogen-bond acceptors (Lipinski definition) is 12. The van der Waals surface area contributed by atoms with Gasteiger partial charge in [-0.3, -0.25) is 28.8 Å². The number of carbonyl (C=O) groups excluding carboxylic acids is 6. The normalized spacial score (nSPS) is 12.4. The first-order chi connectivity index (χ1) is 54.1. The second-order valence-electron chi connectivity index (χ2n) is 31.7. The van der Waals surface area contributed by atoms with Crippen LogP contribution in [0, 0.1) is 0 Å². The van der Waals surface area contributed by atoms with Crippen molar-refractivity contribution in [2.24, 2.45) is 0 Å². The highest BCUT2D eigenvalue weighted by atomic mass is 16.6. The lowest BCUT2D eigenvalue weighted by Crippen LogP contribution is -2.30. The lowest BCUT2D eigenvalue weighted by molar-refractivity contribution is -0.167. The van der Waals surface area contributed by atoms with Gasteiger partial charge in [0.05, 0.1) is 0 Å². The standard InChI is InChI=1S/C98H174O12/c1-5-9-13-17-21-25-29-33-37-38-42-46-52-58-64-70-76-82-94(100)106-88-92(110-98(104)86-80-74-68-62-56-50-41-36-32-28-24-20-16-12-8-4)90-108-96(102)84-78-72-66-60-54-48-44-43-47-53-59-65-71-77-83-95(101)107-89-91(109-97(103)85-79-73-67-61-55-49-40-35-31-27-23-19-15-11-7-3)87-105-93(99)81-75-69-63-57-51-45-39-34-30-26-22-18-14-10-6-2/h23-24,27-28,34-36,39-41,43-44,91-92H,5-22,25-26,29-33,37-38,42,45-90H2,1-4H3/b27-23-,28-24-,39-34-,40-35-,41-36-,44-43-. The topological polar surface area (TPSA) is 158 Å². The van der Waals surface area contributed by atoms with Gasteiger partial charge < -0.3 is 28.4 Å². The summed E-state index contributed by atoms with van der Waals surface area (Å²) >= 11 is 0. The summed E-state index contributed by atoms with van der Waals surface area (Å²) in [6.07, 6.45) is 101. The molecule has 2 atom stereocenters. The first kappa shape index (κ1) is 105. The van der Waals surface area contributed by atoms with E-state index in [1.54, 1.807) is 0 Å². The number of hydrogen-bond donors (Lipinski definition) is 0. The maximum Gasteiger partial charge on any atom is 0.306 e. The molecule has 12 nitrogen and oxygen atoms in total. The molecule has 0 aromatic rings. The molecule has 12 heteroatoms. The number of unbranched alkanes of at least 4 members (excludes halogenated alkanes) is 53. The van der Waals surface area contributed by atoms with Crippen LogP contribution in [0.1, 0.15) is 477 Å². The van der Waals surface area contributed by atoms with Crippen molar-refractivity contribution in [3.63, 3.8) is 0 Å². The zero-order valence-corrected chi connectivity index (χ0v) is 72.3. The smallest absolute Gasteiger partial charge is 0.306 e. The molecule has 638 valence electrons. The van der Waals surface area contributed by atoms with Crippen molar-refractivity contribution in [3.8, 4) is 0 Å². The Hall–Kier alpha value is -4.74. The quantitative estimate of drug-likeness (QED) is 0.0246. The molecule has 0 N–H and O–H groups in total. The lowest BCUT2D eigenvalue weighted by atomic mass is 10.0. The van der Waals surface area contributed by atoms with E-state index in [4.69, 9.17) is 28.4 Å². The molecule has 0 fully saturated rings. The second kappa shape index (κ2) is 89.8. The third-order valence-corrected chi connectivity index (χ3v) is 20.8. The Morgan fingerprint density at radius 1 is 0.182 bits per heavy atom. The summed E-state index contributed by atoms with van der Waals surface area (Å²) in [7, 11) is 0. The van der Waals surface area contributed by atoms with Crippen LogP contribution in [-0.2, 0) is 57.2 Å². The highest BCUT2D eigenvalue weighted by molar-refractivity contribution is 5.72. The monoisotopic (exact) mass is 1540 g/mol. The molecule has 0 spiro atoms.